The van der Waals surface area contributed by atoms with Crippen molar-refractivity contribution in [3.63, 3.8) is 0 Å². The van der Waals surface area contributed by atoms with Gasteiger partial charge in [0.25, 0.3) is 11.8 Å². The van der Waals surface area contributed by atoms with Gasteiger partial charge in [0.05, 0.1) is 11.1 Å². The molecule has 1 unspecified atom stereocenters. The van der Waals surface area contributed by atoms with E-state index >= 15 is 0 Å². The van der Waals surface area contributed by atoms with Gasteiger partial charge < -0.3 is 15.5 Å². The van der Waals surface area contributed by atoms with Crippen molar-refractivity contribution in [2.24, 2.45) is 0 Å². The number of carbonyl (C=O) groups excluding carboxylic acids is 2. The highest BCUT2D eigenvalue weighted by Gasteiger charge is 2.21. The molecule has 0 spiro atoms. The Morgan fingerprint density at radius 2 is 1.76 bits per heavy atom. The maximum Gasteiger partial charge on any atom is 0.258 e. The van der Waals surface area contributed by atoms with Crippen LogP contribution in [-0.4, -0.2) is 30.9 Å². The van der Waals surface area contributed by atoms with Crippen molar-refractivity contribution in [2.75, 3.05) is 23.3 Å². The second-order valence-electron chi connectivity index (χ2n) is 7.50. The second-order valence-corrected chi connectivity index (χ2v) is 7.50. The highest BCUT2D eigenvalue weighted by Crippen LogP contribution is 2.28. The van der Waals surface area contributed by atoms with Crippen LogP contribution in [0, 0.1) is 5.82 Å². The van der Waals surface area contributed by atoms with E-state index in [0.717, 1.165) is 38.0 Å². The van der Waals surface area contributed by atoms with Gasteiger partial charge in [-0.2, -0.15) is 0 Å². The Bertz CT molecular complexity index is 878. The number of halogens is 1. The molecule has 154 valence electrons. The van der Waals surface area contributed by atoms with Gasteiger partial charge in [-0.25, -0.2) is 4.39 Å². The number of rotatable bonds is 6. The molecule has 1 atom stereocenters. The Morgan fingerprint density at radius 3 is 2.45 bits per heavy atom. The number of amides is 2. The molecule has 2 aromatic rings. The largest absolute Gasteiger partial charge is 0.371 e. The fourth-order valence-corrected chi connectivity index (χ4v) is 3.45. The lowest BCUT2D eigenvalue weighted by Gasteiger charge is -2.31. The number of anilines is 2. The lowest BCUT2D eigenvalue weighted by atomic mass is 10.0. The molecule has 6 heteroatoms. The zero-order valence-electron chi connectivity index (χ0n) is 17.0. The molecular formula is C23H28FN3O2. The summed E-state index contributed by atoms with van der Waals surface area (Å²) in [6, 6.07) is 11.2. The standard InChI is InChI=1S/C23H28FN3O2/c1-3-16(2)25-23(29)19-15-17(11-12-21(19)27-13-7-4-8-14-27)26-22(28)18-9-5-6-10-20(18)24/h5-6,9-12,15-16H,3-4,7-8,13-14H2,1-2H3,(H,25,29)(H,26,28). The summed E-state index contributed by atoms with van der Waals surface area (Å²) in [5.74, 6) is -1.28. The molecule has 2 amide bonds. The van der Waals surface area contributed by atoms with Gasteiger partial charge in [0.15, 0.2) is 0 Å². The van der Waals surface area contributed by atoms with E-state index in [0.29, 0.717) is 11.3 Å². The molecule has 0 bridgehead atoms. The minimum absolute atomic E-state index is 0.0294. The van der Waals surface area contributed by atoms with Gasteiger partial charge in [-0.3, -0.25) is 9.59 Å². The SMILES string of the molecule is CCC(C)NC(=O)c1cc(NC(=O)c2ccccc2F)ccc1N1CCCCC1. The predicted molar refractivity (Wildman–Crippen MR) is 114 cm³/mol. The molecule has 3 rings (SSSR count). The van der Waals surface area contributed by atoms with Crippen LogP contribution in [0.25, 0.3) is 0 Å². The van der Waals surface area contributed by atoms with Crippen LogP contribution >= 0.6 is 0 Å². The van der Waals surface area contributed by atoms with Crippen molar-refractivity contribution in [1.29, 1.82) is 0 Å². The first-order valence-corrected chi connectivity index (χ1v) is 10.3. The summed E-state index contributed by atoms with van der Waals surface area (Å²) < 4.78 is 13.9. The van der Waals surface area contributed by atoms with Crippen molar-refractivity contribution in [2.45, 2.75) is 45.6 Å². The van der Waals surface area contributed by atoms with Crippen LogP contribution in [0.3, 0.4) is 0 Å². The summed E-state index contributed by atoms with van der Waals surface area (Å²) in [6.07, 6.45) is 4.21. The third-order valence-electron chi connectivity index (χ3n) is 5.30. The molecule has 0 saturated carbocycles. The maximum atomic E-state index is 13.9. The Hall–Kier alpha value is -2.89. The summed E-state index contributed by atoms with van der Waals surface area (Å²) in [7, 11) is 0. The van der Waals surface area contributed by atoms with E-state index in [4.69, 9.17) is 0 Å². The molecule has 1 saturated heterocycles. The van der Waals surface area contributed by atoms with Crippen molar-refractivity contribution in [3.8, 4) is 0 Å². The Balaban J connectivity index is 1.88. The first-order valence-electron chi connectivity index (χ1n) is 10.3. The third kappa shape index (κ3) is 5.13. The molecule has 2 aromatic carbocycles. The lowest BCUT2D eigenvalue weighted by Crippen LogP contribution is -2.35. The van der Waals surface area contributed by atoms with Crippen molar-refractivity contribution in [1.82, 2.24) is 5.32 Å². The average molecular weight is 397 g/mol. The number of carbonyl (C=O) groups is 2. The van der Waals surface area contributed by atoms with E-state index in [9.17, 15) is 14.0 Å². The maximum absolute atomic E-state index is 13.9. The van der Waals surface area contributed by atoms with Crippen LogP contribution in [0.15, 0.2) is 42.5 Å². The first kappa shape index (κ1) is 20.8. The van der Waals surface area contributed by atoms with Crippen molar-refractivity contribution >= 4 is 23.2 Å². The summed E-state index contributed by atoms with van der Waals surface area (Å²) in [5.41, 5.74) is 1.83. The molecule has 1 aliphatic rings. The van der Waals surface area contributed by atoms with Gasteiger partial charge >= 0.3 is 0 Å². The van der Waals surface area contributed by atoms with E-state index in [2.05, 4.69) is 15.5 Å². The van der Waals surface area contributed by atoms with E-state index < -0.39 is 11.7 Å². The molecule has 2 N–H and O–H groups in total. The van der Waals surface area contributed by atoms with Gasteiger partial charge in [0.2, 0.25) is 0 Å². The van der Waals surface area contributed by atoms with Crippen LogP contribution < -0.4 is 15.5 Å². The van der Waals surface area contributed by atoms with Gasteiger partial charge in [-0.15, -0.1) is 0 Å². The molecular weight excluding hydrogens is 369 g/mol. The monoisotopic (exact) mass is 397 g/mol. The summed E-state index contributed by atoms with van der Waals surface area (Å²) in [5, 5.41) is 5.72. The predicted octanol–water partition coefficient (Wildman–Crippen LogP) is 4.60. The normalized spacial score (nSPS) is 14.9. The number of hydrogen-bond donors (Lipinski definition) is 2. The third-order valence-corrected chi connectivity index (χ3v) is 5.30. The van der Waals surface area contributed by atoms with Gasteiger partial charge in [0.1, 0.15) is 5.82 Å². The Morgan fingerprint density at radius 1 is 1.03 bits per heavy atom. The zero-order chi connectivity index (χ0) is 20.8. The van der Waals surface area contributed by atoms with Crippen LogP contribution in [0.2, 0.25) is 0 Å². The Labute approximate surface area is 171 Å². The van der Waals surface area contributed by atoms with E-state index in [1.807, 2.05) is 19.9 Å². The Kier molecular flexibility index (Phi) is 6.86. The quantitative estimate of drug-likeness (QED) is 0.749. The molecule has 1 heterocycles. The van der Waals surface area contributed by atoms with Gasteiger partial charge in [-0.1, -0.05) is 19.1 Å². The smallest absolute Gasteiger partial charge is 0.258 e. The second kappa shape index (κ2) is 9.54. The molecule has 0 aromatic heterocycles. The van der Waals surface area contributed by atoms with Gasteiger partial charge in [-0.05, 0) is 62.9 Å². The highest BCUT2D eigenvalue weighted by molar-refractivity contribution is 6.06. The molecule has 0 aliphatic carbocycles. The van der Waals surface area contributed by atoms with Crippen LogP contribution in [0.4, 0.5) is 15.8 Å². The fourth-order valence-electron chi connectivity index (χ4n) is 3.45. The van der Waals surface area contributed by atoms with E-state index in [1.165, 1.54) is 24.6 Å². The summed E-state index contributed by atoms with van der Waals surface area (Å²) in [4.78, 5) is 27.6. The van der Waals surface area contributed by atoms with Crippen molar-refractivity contribution in [3.05, 3.63) is 59.4 Å². The van der Waals surface area contributed by atoms with Crippen LogP contribution in [0.5, 0.6) is 0 Å². The lowest BCUT2D eigenvalue weighted by molar-refractivity contribution is 0.0938. The highest BCUT2D eigenvalue weighted by atomic mass is 19.1. The number of benzene rings is 2. The summed E-state index contributed by atoms with van der Waals surface area (Å²) >= 11 is 0. The number of piperidine rings is 1. The van der Waals surface area contributed by atoms with E-state index in [1.54, 1.807) is 18.2 Å². The van der Waals surface area contributed by atoms with Crippen molar-refractivity contribution < 1.29 is 14.0 Å². The fraction of sp³-hybridized carbons (Fsp3) is 0.391. The molecule has 0 radical (unpaired) electrons. The molecule has 1 fully saturated rings. The first-order chi connectivity index (χ1) is 14.0. The number of nitrogens with one attached hydrogen (secondary N) is 2. The number of hydrogen-bond acceptors (Lipinski definition) is 3. The van der Waals surface area contributed by atoms with Gasteiger partial charge in [0, 0.05) is 30.5 Å². The molecule has 5 nitrogen and oxygen atoms in total. The molecule has 29 heavy (non-hydrogen) atoms. The molecule has 1 aliphatic heterocycles. The minimum Gasteiger partial charge on any atom is -0.371 e. The number of nitrogens with zero attached hydrogens (tertiary/aromatic N) is 1. The van der Waals surface area contributed by atoms with Crippen LogP contribution in [0.1, 0.15) is 60.2 Å². The summed E-state index contributed by atoms with van der Waals surface area (Å²) in [6.45, 7) is 5.79. The topological polar surface area (TPSA) is 61.4 Å². The van der Waals surface area contributed by atoms with Crippen LogP contribution in [-0.2, 0) is 0 Å². The van der Waals surface area contributed by atoms with E-state index in [-0.39, 0.29) is 17.5 Å². The zero-order valence-corrected chi connectivity index (χ0v) is 17.0. The minimum atomic E-state index is -0.579. The average Bonchev–Trinajstić information content (AvgIpc) is 2.74.